The van der Waals surface area contributed by atoms with E-state index in [4.69, 9.17) is 11.6 Å². The third-order valence-corrected chi connectivity index (χ3v) is 5.92. The number of alkyl halides is 1. The molecule has 1 aliphatic carbocycles. The lowest BCUT2D eigenvalue weighted by Crippen LogP contribution is -2.07. The van der Waals surface area contributed by atoms with Crippen molar-refractivity contribution in [3.8, 4) is 0 Å². The van der Waals surface area contributed by atoms with Crippen molar-refractivity contribution in [1.29, 1.82) is 0 Å². The van der Waals surface area contributed by atoms with Crippen molar-refractivity contribution in [2.45, 2.75) is 50.3 Å². The van der Waals surface area contributed by atoms with Gasteiger partial charge in [-0.15, -0.1) is 21.8 Å². The molecule has 1 aromatic heterocycles. The van der Waals surface area contributed by atoms with Gasteiger partial charge in [0.1, 0.15) is 15.4 Å². The van der Waals surface area contributed by atoms with Crippen LogP contribution in [0.15, 0.2) is 30.3 Å². The molecule has 1 atom stereocenters. The molecule has 0 amide bonds. The van der Waals surface area contributed by atoms with E-state index in [1.165, 1.54) is 38.5 Å². The van der Waals surface area contributed by atoms with Crippen LogP contribution in [0, 0.1) is 5.92 Å². The van der Waals surface area contributed by atoms with Gasteiger partial charge in [-0.25, -0.2) is 0 Å². The number of benzene rings is 1. The Morgan fingerprint density at radius 2 is 1.86 bits per heavy atom. The van der Waals surface area contributed by atoms with Crippen molar-refractivity contribution in [3.63, 3.8) is 0 Å². The van der Waals surface area contributed by atoms with Gasteiger partial charge >= 0.3 is 0 Å². The summed E-state index contributed by atoms with van der Waals surface area (Å²) in [6, 6.07) is 10.1. The van der Waals surface area contributed by atoms with Crippen LogP contribution >= 0.6 is 22.9 Å². The summed E-state index contributed by atoms with van der Waals surface area (Å²) in [6.07, 6.45) is 9.34. The molecular formula is C17H21ClN2S. The monoisotopic (exact) mass is 320 g/mol. The van der Waals surface area contributed by atoms with Gasteiger partial charge in [0.05, 0.1) is 0 Å². The van der Waals surface area contributed by atoms with Crippen molar-refractivity contribution >= 4 is 22.9 Å². The summed E-state index contributed by atoms with van der Waals surface area (Å²) in [5.41, 5.74) is 1.09. The average Bonchev–Trinajstić information content (AvgIpc) is 3.03. The van der Waals surface area contributed by atoms with Gasteiger partial charge in [0.2, 0.25) is 0 Å². The van der Waals surface area contributed by atoms with Crippen LogP contribution in [-0.4, -0.2) is 10.2 Å². The smallest absolute Gasteiger partial charge is 0.139 e. The molecule has 2 aromatic rings. The summed E-state index contributed by atoms with van der Waals surface area (Å²) in [5, 5.41) is 10.5. The van der Waals surface area contributed by atoms with Crippen LogP contribution in [-0.2, 0) is 6.42 Å². The highest BCUT2D eigenvalue weighted by molar-refractivity contribution is 7.11. The molecule has 0 aliphatic heterocycles. The molecule has 1 fully saturated rings. The largest absolute Gasteiger partial charge is 0.143 e. The van der Waals surface area contributed by atoms with E-state index in [-0.39, 0.29) is 5.38 Å². The second kappa shape index (κ2) is 7.37. The molecule has 1 unspecified atom stereocenters. The highest BCUT2D eigenvalue weighted by Crippen LogP contribution is 2.32. The van der Waals surface area contributed by atoms with E-state index in [0.29, 0.717) is 0 Å². The number of aryl methyl sites for hydroxylation is 1. The van der Waals surface area contributed by atoms with Crippen LogP contribution in [0.2, 0.25) is 0 Å². The molecule has 112 valence electrons. The summed E-state index contributed by atoms with van der Waals surface area (Å²) >= 11 is 8.17. The molecule has 3 rings (SSSR count). The number of aromatic nitrogens is 2. The van der Waals surface area contributed by atoms with Gasteiger partial charge < -0.3 is 0 Å². The molecule has 4 heteroatoms. The Hall–Kier alpha value is -0.930. The Morgan fingerprint density at radius 3 is 2.62 bits per heavy atom. The minimum absolute atomic E-state index is 0.174. The van der Waals surface area contributed by atoms with Crippen LogP contribution in [0.4, 0.5) is 0 Å². The number of nitrogens with zero attached hydrogens (tertiary/aromatic N) is 2. The molecule has 1 heterocycles. The maximum absolute atomic E-state index is 6.50. The molecular weight excluding hydrogens is 300 g/mol. The molecule has 0 N–H and O–H groups in total. The molecule has 1 saturated carbocycles. The van der Waals surface area contributed by atoms with Gasteiger partial charge in [-0.2, -0.15) is 0 Å². The van der Waals surface area contributed by atoms with Gasteiger partial charge in [-0.05, 0) is 17.9 Å². The molecule has 0 spiro atoms. The van der Waals surface area contributed by atoms with Crippen LogP contribution in [0.3, 0.4) is 0 Å². The summed E-state index contributed by atoms with van der Waals surface area (Å²) in [5.74, 6) is 0.895. The predicted octanol–water partition coefficient (Wildman–Crippen LogP) is 5.38. The first-order valence-electron chi connectivity index (χ1n) is 7.84. The molecule has 1 aromatic carbocycles. The topological polar surface area (TPSA) is 25.8 Å². The van der Waals surface area contributed by atoms with Crippen LogP contribution in [0.5, 0.6) is 0 Å². The minimum Gasteiger partial charge on any atom is -0.143 e. The first-order chi connectivity index (χ1) is 10.3. The number of rotatable bonds is 5. The van der Waals surface area contributed by atoms with E-state index in [0.717, 1.165) is 27.9 Å². The Kier molecular flexibility index (Phi) is 5.26. The fourth-order valence-electron chi connectivity index (χ4n) is 3.04. The van der Waals surface area contributed by atoms with E-state index in [9.17, 15) is 0 Å². The van der Waals surface area contributed by atoms with Crippen LogP contribution in [0.1, 0.15) is 59.5 Å². The number of hydrogen-bond acceptors (Lipinski definition) is 3. The fraction of sp³-hybridized carbons (Fsp3) is 0.529. The summed E-state index contributed by atoms with van der Waals surface area (Å²) in [7, 11) is 0. The van der Waals surface area contributed by atoms with Crippen LogP contribution < -0.4 is 0 Å². The standard InChI is InChI=1S/C17H21ClN2S/c18-16(14-9-5-2-6-10-14)17-20-19-15(21-17)12-11-13-7-3-1-4-8-13/h2,5-6,9-10,13,16H,1,3-4,7-8,11-12H2. The second-order valence-corrected chi connectivity index (χ2v) is 7.38. The zero-order valence-corrected chi connectivity index (χ0v) is 13.7. The van der Waals surface area contributed by atoms with Crippen molar-refractivity contribution in [1.82, 2.24) is 10.2 Å². The lowest BCUT2D eigenvalue weighted by Gasteiger charge is -2.20. The lowest BCUT2D eigenvalue weighted by molar-refractivity contribution is 0.339. The van der Waals surface area contributed by atoms with E-state index < -0.39 is 0 Å². The Bertz CT molecular complexity index is 549. The first-order valence-corrected chi connectivity index (χ1v) is 9.09. The Balaban J connectivity index is 1.58. The third-order valence-electron chi connectivity index (χ3n) is 4.28. The molecule has 1 aliphatic rings. The molecule has 2 nitrogen and oxygen atoms in total. The SMILES string of the molecule is ClC(c1ccccc1)c1nnc(CCC2CCCCC2)s1. The van der Waals surface area contributed by atoms with Gasteiger partial charge in [-0.3, -0.25) is 0 Å². The second-order valence-electron chi connectivity index (χ2n) is 5.85. The quantitative estimate of drug-likeness (QED) is 0.691. The highest BCUT2D eigenvalue weighted by Gasteiger charge is 2.18. The summed E-state index contributed by atoms with van der Waals surface area (Å²) in [6.45, 7) is 0. The fourth-order valence-corrected chi connectivity index (χ4v) is 4.22. The summed E-state index contributed by atoms with van der Waals surface area (Å²) in [4.78, 5) is 0. The van der Waals surface area contributed by atoms with Gasteiger partial charge in [0.15, 0.2) is 0 Å². The maximum Gasteiger partial charge on any atom is 0.139 e. The molecule has 0 bridgehead atoms. The van der Waals surface area contributed by atoms with Crippen molar-refractivity contribution in [2.24, 2.45) is 5.92 Å². The van der Waals surface area contributed by atoms with Gasteiger partial charge in [0.25, 0.3) is 0 Å². The molecule has 0 saturated heterocycles. The van der Waals surface area contributed by atoms with E-state index in [1.54, 1.807) is 11.3 Å². The van der Waals surface area contributed by atoms with Gasteiger partial charge in [0, 0.05) is 6.42 Å². The van der Waals surface area contributed by atoms with E-state index >= 15 is 0 Å². The average molecular weight is 321 g/mol. The molecule has 0 radical (unpaired) electrons. The zero-order valence-electron chi connectivity index (χ0n) is 12.2. The Labute approximate surface area is 135 Å². The molecule has 21 heavy (non-hydrogen) atoms. The first kappa shape index (κ1) is 15.0. The highest BCUT2D eigenvalue weighted by atomic mass is 35.5. The number of hydrogen-bond donors (Lipinski definition) is 0. The van der Waals surface area contributed by atoms with E-state index in [1.807, 2.05) is 30.3 Å². The van der Waals surface area contributed by atoms with E-state index in [2.05, 4.69) is 10.2 Å². The zero-order chi connectivity index (χ0) is 14.5. The van der Waals surface area contributed by atoms with Crippen molar-refractivity contribution < 1.29 is 0 Å². The Morgan fingerprint density at radius 1 is 1.10 bits per heavy atom. The third kappa shape index (κ3) is 4.04. The predicted molar refractivity (Wildman–Crippen MR) is 88.9 cm³/mol. The maximum atomic E-state index is 6.50. The van der Waals surface area contributed by atoms with Crippen LogP contribution in [0.25, 0.3) is 0 Å². The summed E-state index contributed by atoms with van der Waals surface area (Å²) < 4.78 is 0. The lowest BCUT2D eigenvalue weighted by atomic mass is 9.86. The normalized spacial score (nSPS) is 17.8. The van der Waals surface area contributed by atoms with Crippen molar-refractivity contribution in [2.75, 3.05) is 0 Å². The minimum atomic E-state index is -0.174. The van der Waals surface area contributed by atoms with Gasteiger partial charge in [-0.1, -0.05) is 73.8 Å². The number of halogens is 1. The van der Waals surface area contributed by atoms with Crippen molar-refractivity contribution in [3.05, 3.63) is 45.9 Å².